The maximum Gasteiger partial charge on any atom is 0.416 e. The molecule has 0 N–H and O–H groups in total. The van der Waals surface area contributed by atoms with Crippen LogP contribution in [0.1, 0.15) is 11.1 Å². The van der Waals surface area contributed by atoms with E-state index in [0.717, 1.165) is 18.2 Å². The van der Waals surface area contributed by atoms with Crippen molar-refractivity contribution in [1.29, 1.82) is 0 Å². The van der Waals surface area contributed by atoms with E-state index < -0.39 is 20.8 Å². The van der Waals surface area contributed by atoms with Crippen LogP contribution in [0.25, 0.3) is 6.08 Å². The summed E-state index contributed by atoms with van der Waals surface area (Å²) in [5.74, 6) is 0. The molecular weight excluding hydrogens is 265 g/mol. The Kier molecular flexibility index (Phi) is 3.64. The van der Waals surface area contributed by atoms with E-state index >= 15 is 0 Å². The first-order chi connectivity index (χ1) is 7.18. The van der Waals surface area contributed by atoms with Gasteiger partial charge in [-0.15, -0.1) is 0 Å². The van der Waals surface area contributed by atoms with Gasteiger partial charge in [0.05, 0.1) is 5.56 Å². The molecule has 1 aromatic carbocycles. The van der Waals surface area contributed by atoms with Crippen LogP contribution < -0.4 is 0 Å². The topological polar surface area (TPSA) is 34.1 Å². The molecule has 0 fully saturated rings. The van der Waals surface area contributed by atoms with Crippen molar-refractivity contribution < 1.29 is 21.6 Å². The van der Waals surface area contributed by atoms with Crippen molar-refractivity contribution in [2.45, 2.75) is 6.18 Å². The molecule has 0 bridgehead atoms. The Balaban J connectivity index is 3.05. The third-order valence-electron chi connectivity index (χ3n) is 1.64. The number of hydrogen-bond donors (Lipinski definition) is 0. The van der Waals surface area contributed by atoms with Crippen molar-refractivity contribution in [3.63, 3.8) is 0 Å². The summed E-state index contributed by atoms with van der Waals surface area (Å²) in [7, 11) is 1.02. The van der Waals surface area contributed by atoms with Crippen molar-refractivity contribution in [1.82, 2.24) is 0 Å². The fourth-order valence-corrected chi connectivity index (χ4v) is 1.45. The van der Waals surface area contributed by atoms with E-state index in [2.05, 4.69) is 0 Å². The van der Waals surface area contributed by atoms with Crippen LogP contribution in [0.5, 0.6) is 0 Å². The number of hydrogen-bond acceptors (Lipinski definition) is 2. The maximum absolute atomic E-state index is 12.3. The fraction of sp³-hybridized carbons (Fsp3) is 0.111. The lowest BCUT2D eigenvalue weighted by Gasteiger charge is -2.06. The molecule has 0 aliphatic heterocycles. The molecule has 0 saturated heterocycles. The summed E-state index contributed by atoms with van der Waals surface area (Å²) in [5, 5.41) is 0.629. The molecule has 1 rings (SSSR count). The van der Waals surface area contributed by atoms with E-state index in [9.17, 15) is 21.6 Å². The maximum atomic E-state index is 12.3. The summed E-state index contributed by atoms with van der Waals surface area (Å²) in [6.45, 7) is 0. The van der Waals surface area contributed by atoms with Gasteiger partial charge in [0, 0.05) is 16.1 Å². The predicted molar refractivity (Wildman–Crippen MR) is 55.3 cm³/mol. The lowest BCUT2D eigenvalue weighted by atomic mass is 10.1. The Morgan fingerprint density at radius 2 is 1.88 bits per heavy atom. The first-order valence-corrected chi connectivity index (χ1v) is 6.36. The van der Waals surface area contributed by atoms with Crippen LogP contribution in [0.2, 0.25) is 0 Å². The first kappa shape index (κ1) is 13.1. The first-order valence-electron chi connectivity index (χ1n) is 3.98. The van der Waals surface area contributed by atoms with Crippen LogP contribution in [-0.4, -0.2) is 8.42 Å². The molecule has 0 aliphatic rings. The minimum atomic E-state index is -4.45. The Bertz CT molecular complexity index is 506. The van der Waals surface area contributed by atoms with Crippen molar-refractivity contribution in [3.05, 3.63) is 40.8 Å². The Morgan fingerprint density at radius 1 is 1.25 bits per heavy atom. The van der Waals surface area contributed by atoms with Gasteiger partial charge in [-0.25, -0.2) is 8.42 Å². The lowest BCUT2D eigenvalue weighted by molar-refractivity contribution is -0.137. The van der Waals surface area contributed by atoms with Crippen LogP contribution >= 0.6 is 10.7 Å². The third-order valence-corrected chi connectivity index (χ3v) is 2.41. The summed E-state index contributed by atoms with van der Waals surface area (Å²) in [6, 6.07) is 4.25. The number of benzene rings is 1. The Morgan fingerprint density at radius 3 is 2.38 bits per heavy atom. The predicted octanol–water partition coefficient (Wildman–Crippen LogP) is 3.24. The van der Waals surface area contributed by atoms with E-state index in [1.54, 1.807) is 0 Å². The normalized spacial score (nSPS) is 13.2. The summed E-state index contributed by atoms with van der Waals surface area (Å²) in [6.07, 6.45) is -3.46. The van der Waals surface area contributed by atoms with Gasteiger partial charge in [0.2, 0.25) is 0 Å². The van der Waals surface area contributed by atoms with Crippen molar-refractivity contribution in [3.8, 4) is 0 Å². The second-order valence-electron chi connectivity index (χ2n) is 2.90. The molecule has 16 heavy (non-hydrogen) atoms. The quantitative estimate of drug-likeness (QED) is 0.773. The van der Waals surface area contributed by atoms with Gasteiger partial charge in [0.25, 0.3) is 9.05 Å². The highest BCUT2D eigenvalue weighted by atomic mass is 35.7. The highest BCUT2D eigenvalue weighted by Gasteiger charge is 2.30. The summed E-state index contributed by atoms with van der Waals surface area (Å²) in [4.78, 5) is 0. The average Bonchev–Trinajstić information content (AvgIpc) is 2.13. The van der Waals surface area contributed by atoms with Gasteiger partial charge in [-0.3, -0.25) is 0 Å². The minimum absolute atomic E-state index is 0.110. The van der Waals surface area contributed by atoms with Crippen molar-refractivity contribution in [2.24, 2.45) is 0 Å². The molecule has 1 aromatic rings. The van der Waals surface area contributed by atoms with E-state index in [1.807, 2.05) is 0 Å². The van der Waals surface area contributed by atoms with Gasteiger partial charge in [-0.2, -0.15) is 13.2 Å². The molecule has 0 saturated carbocycles. The second kappa shape index (κ2) is 4.47. The zero-order valence-corrected chi connectivity index (χ0v) is 9.27. The SMILES string of the molecule is O=S(=O)(Cl)/C=C/c1cccc(C(F)(F)F)c1. The molecule has 0 heterocycles. The standard InChI is InChI=1S/C9H6ClF3O2S/c10-16(14,15)5-4-7-2-1-3-8(6-7)9(11,12)13/h1-6H/b5-4+. The van der Waals surface area contributed by atoms with Crippen molar-refractivity contribution >= 4 is 25.8 Å². The van der Waals surface area contributed by atoms with Gasteiger partial charge in [-0.1, -0.05) is 12.1 Å². The zero-order valence-electron chi connectivity index (χ0n) is 7.70. The molecule has 0 atom stereocenters. The van der Waals surface area contributed by atoms with Crippen LogP contribution in [-0.2, 0) is 15.2 Å². The Labute approximate surface area is 94.8 Å². The average molecular weight is 271 g/mol. The van der Waals surface area contributed by atoms with E-state index in [4.69, 9.17) is 10.7 Å². The zero-order chi connectivity index (χ0) is 12.4. The third kappa shape index (κ3) is 4.24. The molecule has 0 aliphatic carbocycles. The molecule has 0 aromatic heterocycles. The molecule has 0 radical (unpaired) electrons. The van der Waals surface area contributed by atoms with Crippen LogP contribution in [0.4, 0.5) is 13.2 Å². The summed E-state index contributed by atoms with van der Waals surface area (Å²) in [5.41, 5.74) is -0.735. The molecule has 7 heteroatoms. The highest BCUT2D eigenvalue weighted by Crippen LogP contribution is 2.29. The molecule has 88 valence electrons. The lowest BCUT2D eigenvalue weighted by Crippen LogP contribution is -2.04. The summed E-state index contributed by atoms with van der Waals surface area (Å²) >= 11 is 0. The molecule has 0 amide bonds. The molecule has 0 unspecified atom stereocenters. The van der Waals surface area contributed by atoms with E-state index in [-0.39, 0.29) is 5.56 Å². The van der Waals surface area contributed by atoms with Gasteiger partial charge >= 0.3 is 6.18 Å². The van der Waals surface area contributed by atoms with Gasteiger partial charge in [0.15, 0.2) is 0 Å². The molecular formula is C9H6ClF3O2S. The fourth-order valence-electron chi connectivity index (χ4n) is 0.979. The molecule has 0 spiro atoms. The Hall–Kier alpha value is -1.01. The number of rotatable bonds is 2. The summed E-state index contributed by atoms with van der Waals surface area (Å²) < 4.78 is 57.9. The number of alkyl halides is 3. The number of halogens is 4. The van der Waals surface area contributed by atoms with Gasteiger partial charge in [-0.05, 0) is 23.8 Å². The second-order valence-corrected chi connectivity index (χ2v) is 5.42. The van der Waals surface area contributed by atoms with Gasteiger partial charge < -0.3 is 0 Å². The van der Waals surface area contributed by atoms with E-state index in [1.165, 1.54) is 12.1 Å². The minimum Gasteiger partial charge on any atom is -0.208 e. The molecule has 2 nitrogen and oxygen atoms in total. The highest BCUT2D eigenvalue weighted by molar-refractivity contribution is 8.16. The van der Waals surface area contributed by atoms with Crippen molar-refractivity contribution in [2.75, 3.05) is 0 Å². The monoisotopic (exact) mass is 270 g/mol. The van der Waals surface area contributed by atoms with Crippen LogP contribution in [0.15, 0.2) is 29.7 Å². The van der Waals surface area contributed by atoms with E-state index in [0.29, 0.717) is 5.41 Å². The van der Waals surface area contributed by atoms with Crippen LogP contribution in [0.3, 0.4) is 0 Å². The smallest absolute Gasteiger partial charge is 0.208 e. The largest absolute Gasteiger partial charge is 0.416 e. The van der Waals surface area contributed by atoms with Gasteiger partial charge in [0.1, 0.15) is 0 Å². The van der Waals surface area contributed by atoms with Crippen LogP contribution in [0, 0.1) is 0 Å².